The van der Waals surface area contributed by atoms with Gasteiger partial charge in [0, 0.05) is 38.4 Å². The summed E-state index contributed by atoms with van der Waals surface area (Å²) in [5.41, 5.74) is 2.09. The van der Waals surface area contributed by atoms with E-state index in [1.807, 2.05) is 49.3 Å². The summed E-state index contributed by atoms with van der Waals surface area (Å²) in [6.45, 7) is 9.01. The van der Waals surface area contributed by atoms with Crippen molar-refractivity contribution in [2.75, 3.05) is 25.5 Å². The topological polar surface area (TPSA) is 52.7 Å². The lowest BCUT2D eigenvalue weighted by Crippen LogP contribution is -2.61. The molecule has 5 heteroatoms. The molecule has 0 aromatic heterocycles. The molecule has 0 saturated carbocycles. The van der Waals surface area contributed by atoms with Gasteiger partial charge in [0.25, 0.3) is 0 Å². The van der Waals surface area contributed by atoms with E-state index in [0.29, 0.717) is 24.8 Å². The molecule has 0 aliphatic carbocycles. The molecule has 28 heavy (non-hydrogen) atoms. The molecule has 1 N–H and O–H groups in total. The number of benzene rings is 1. The highest BCUT2D eigenvalue weighted by atomic mass is 16.2. The fraction of sp³-hybridized carbons (Fsp3) is 0.565. The summed E-state index contributed by atoms with van der Waals surface area (Å²) in [5, 5.41) is 3.12. The Kier molecular flexibility index (Phi) is 7.67. The van der Waals surface area contributed by atoms with Crippen LogP contribution in [0.1, 0.15) is 46.1 Å². The smallest absolute Gasteiger partial charge is 0.247 e. The summed E-state index contributed by atoms with van der Waals surface area (Å²) < 4.78 is 0. The number of piperazine rings is 1. The summed E-state index contributed by atoms with van der Waals surface area (Å²) in [6, 6.07) is 7.67. The first-order valence-corrected chi connectivity index (χ1v) is 10.2. The highest BCUT2D eigenvalue weighted by Gasteiger charge is 2.36. The monoisotopic (exact) mass is 385 g/mol. The molecule has 2 amide bonds. The molecule has 0 unspecified atom stereocenters. The average molecular weight is 386 g/mol. The zero-order valence-corrected chi connectivity index (χ0v) is 18.1. The molecule has 1 aromatic carbocycles. The van der Waals surface area contributed by atoms with E-state index in [9.17, 15) is 9.59 Å². The van der Waals surface area contributed by atoms with Gasteiger partial charge in [-0.3, -0.25) is 9.59 Å². The van der Waals surface area contributed by atoms with Gasteiger partial charge in [0.1, 0.15) is 6.04 Å². The Bertz CT molecular complexity index is 692. The molecule has 1 heterocycles. The summed E-state index contributed by atoms with van der Waals surface area (Å²) in [4.78, 5) is 29.4. The number of anilines is 1. The normalized spacial score (nSPS) is 20.1. The van der Waals surface area contributed by atoms with E-state index < -0.39 is 6.04 Å². The van der Waals surface area contributed by atoms with Crippen molar-refractivity contribution in [3.05, 3.63) is 35.9 Å². The third-order valence-electron chi connectivity index (χ3n) is 5.00. The van der Waals surface area contributed by atoms with Crippen LogP contribution in [0, 0.1) is 11.8 Å². The highest BCUT2D eigenvalue weighted by molar-refractivity contribution is 5.96. The molecule has 1 aliphatic rings. The van der Waals surface area contributed by atoms with Gasteiger partial charge in [-0.1, -0.05) is 39.8 Å². The molecule has 0 radical (unpaired) electrons. The van der Waals surface area contributed by atoms with E-state index in [1.165, 1.54) is 0 Å². The van der Waals surface area contributed by atoms with Crippen molar-refractivity contribution in [3.63, 3.8) is 0 Å². The van der Waals surface area contributed by atoms with Gasteiger partial charge in [-0.05, 0) is 48.4 Å². The standard InChI is InChI=1S/C23H35N3O2/c1-16(2)13-19-15-26(21(14-17(3)4)23(28)24-19)22(27)12-9-18-7-10-20(11-8-18)25(5)6/h7-12,16-17,19,21H,13-15H2,1-6H3,(H,24,28)/t19-,21-/m0/s1. The van der Waals surface area contributed by atoms with E-state index in [2.05, 4.69) is 33.0 Å². The van der Waals surface area contributed by atoms with Crippen LogP contribution in [0.2, 0.25) is 0 Å². The largest absolute Gasteiger partial charge is 0.378 e. The van der Waals surface area contributed by atoms with Crippen molar-refractivity contribution in [1.29, 1.82) is 0 Å². The van der Waals surface area contributed by atoms with Gasteiger partial charge in [-0.2, -0.15) is 0 Å². The van der Waals surface area contributed by atoms with Gasteiger partial charge in [-0.25, -0.2) is 0 Å². The van der Waals surface area contributed by atoms with Crippen LogP contribution in [0.5, 0.6) is 0 Å². The van der Waals surface area contributed by atoms with Gasteiger partial charge in [0.05, 0.1) is 0 Å². The summed E-state index contributed by atoms with van der Waals surface area (Å²) >= 11 is 0. The Hall–Kier alpha value is -2.30. The Balaban J connectivity index is 2.15. The molecule has 5 nitrogen and oxygen atoms in total. The van der Waals surface area contributed by atoms with Crippen LogP contribution < -0.4 is 10.2 Å². The summed E-state index contributed by atoms with van der Waals surface area (Å²) in [5.74, 6) is 0.693. The van der Waals surface area contributed by atoms with Crippen molar-refractivity contribution in [1.82, 2.24) is 10.2 Å². The first-order valence-electron chi connectivity index (χ1n) is 10.2. The van der Waals surface area contributed by atoms with Crippen molar-refractivity contribution in [3.8, 4) is 0 Å². The van der Waals surface area contributed by atoms with E-state index in [-0.39, 0.29) is 17.9 Å². The van der Waals surface area contributed by atoms with Gasteiger partial charge in [0.15, 0.2) is 0 Å². The number of nitrogens with zero attached hydrogens (tertiary/aromatic N) is 2. The highest BCUT2D eigenvalue weighted by Crippen LogP contribution is 2.20. The molecular weight excluding hydrogens is 350 g/mol. The Morgan fingerprint density at radius 1 is 1.14 bits per heavy atom. The van der Waals surface area contributed by atoms with Crippen LogP contribution in [0.25, 0.3) is 6.08 Å². The van der Waals surface area contributed by atoms with Crippen LogP contribution >= 0.6 is 0 Å². The number of hydrogen-bond acceptors (Lipinski definition) is 3. The minimum Gasteiger partial charge on any atom is -0.378 e. The first kappa shape index (κ1) is 22.0. The Morgan fingerprint density at radius 3 is 2.29 bits per heavy atom. The molecule has 0 spiro atoms. The van der Waals surface area contributed by atoms with Gasteiger partial charge >= 0.3 is 0 Å². The van der Waals surface area contributed by atoms with Gasteiger partial charge in [0.2, 0.25) is 11.8 Å². The Labute approximate surface area is 169 Å². The van der Waals surface area contributed by atoms with Crippen LogP contribution in [0.4, 0.5) is 5.69 Å². The summed E-state index contributed by atoms with van der Waals surface area (Å²) in [6.07, 6.45) is 4.98. The molecule has 0 bridgehead atoms. The average Bonchev–Trinajstić information content (AvgIpc) is 2.61. The zero-order valence-electron chi connectivity index (χ0n) is 18.1. The van der Waals surface area contributed by atoms with E-state index in [1.54, 1.807) is 11.0 Å². The lowest BCUT2D eigenvalue weighted by molar-refractivity contribution is -0.142. The molecule has 2 atom stereocenters. The predicted octanol–water partition coefficient (Wildman–Crippen LogP) is 3.55. The summed E-state index contributed by atoms with van der Waals surface area (Å²) in [7, 11) is 4.00. The van der Waals surface area contributed by atoms with E-state index in [4.69, 9.17) is 0 Å². The van der Waals surface area contributed by atoms with E-state index in [0.717, 1.165) is 17.7 Å². The second-order valence-corrected chi connectivity index (χ2v) is 8.79. The minimum absolute atomic E-state index is 0.0210. The van der Waals surface area contributed by atoms with Crippen LogP contribution in [0.15, 0.2) is 30.3 Å². The number of amides is 2. The second kappa shape index (κ2) is 9.76. The van der Waals surface area contributed by atoms with Crippen molar-refractivity contribution < 1.29 is 9.59 Å². The minimum atomic E-state index is -0.392. The van der Waals surface area contributed by atoms with E-state index >= 15 is 0 Å². The quantitative estimate of drug-likeness (QED) is 0.730. The maximum atomic E-state index is 13.0. The molecular formula is C23H35N3O2. The molecule has 2 rings (SSSR count). The van der Waals surface area contributed by atoms with Crippen molar-refractivity contribution >= 4 is 23.6 Å². The maximum Gasteiger partial charge on any atom is 0.247 e. The lowest BCUT2D eigenvalue weighted by Gasteiger charge is -2.40. The van der Waals surface area contributed by atoms with Crippen molar-refractivity contribution in [2.45, 2.75) is 52.6 Å². The predicted molar refractivity (Wildman–Crippen MR) is 116 cm³/mol. The number of rotatable bonds is 7. The fourth-order valence-corrected chi connectivity index (χ4v) is 3.62. The number of carbonyl (C=O) groups is 2. The van der Waals surface area contributed by atoms with Gasteiger partial charge in [-0.15, -0.1) is 0 Å². The third kappa shape index (κ3) is 6.11. The molecule has 1 saturated heterocycles. The van der Waals surface area contributed by atoms with Crippen LogP contribution in [-0.4, -0.2) is 49.4 Å². The first-order chi connectivity index (χ1) is 13.2. The van der Waals surface area contributed by atoms with Crippen LogP contribution in [0.3, 0.4) is 0 Å². The molecule has 154 valence electrons. The maximum absolute atomic E-state index is 13.0. The molecule has 1 aromatic rings. The second-order valence-electron chi connectivity index (χ2n) is 8.79. The zero-order chi connectivity index (χ0) is 20.8. The SMILES string of the molecule is CC(C)C[C@H]1CN(C(=O)C=Cc2ccc(N(C)C)cc2)[C@@H](CC(C)C)C(=O)N1. The lowest BCUT2D eigenvalue weighted by atomic mass is 9.95. The van der Waals surface area contributed by atoms with Crippen LogP contribution in [-0.2, 0) is 9.59 Å². The van der Waals surface area contributed by atoms with Gasteiger partial charge < -0.3 is 15.1 Å². The number of nitrogens with one attached hydrogen (secondary N) is 1. The molecule has 1 fully saturated rings. The Morgan fingerprint density at radius 2 is 1.75 bits per heavy atom. The third-order valence-corrected chi connectivity index (χ3v) is 5.00. The number of carbonyl (C=O) groups excluding carboxylic acids is 2. The number of hydrogen-bond donors (Lipinski definition) is 1. The molecule has 1 aliphatic heterocycles. The van der Waals surface area contributed by atoms with Crippen molar-refractivity contribution in [2.24, 2.45) is 11.8 Å². The fourth-order valence-electron chi connectivity index (χ4n) is 3.62.